The highest BCUT2D eigenvalue weighted by Gasteiger charge is 2.46. The van der Waals surface area contributed by atoms with Crippen LogP contribution < -0.4 is 0 Å². The van der Waals surface area contributed by atoms with E-state index >= 15 is 0 Å². The zero-order valence-electron chi connectivity index (χ0n) is 10.7. The van der Waals surface area contributed by atoms with Crippen LogP contribution in [0, 0.1) is 17.3 Å². The molecule has 3 aliphatic rings. The molecular weight excluding hydrogens is 228 g/mol. The van der Waals surface area contributed by atoms with Crippen molar-refractivity contribution in [3.63, 3.8) is 0 Å². The number of carbonyl (C=O) groups excluding carboxylic acids is 2. The van der Waals surface area contributed by atoms with Crippen molar-refractivity contribution in [2.24, 2.45) is 27.2 Å². The van der Waals surface area contributed by atoms with Crippen LogP contribution in [0.1, 0.15) is 44.9 Å². The van der Waals surface area contributed by atoms with Crippen LogP contribution in [0.5, 0.6) is 0 Å². The van der Waals surface area contributed by atoms with Gasteiger partial charge in [-0.1, -0.05) is 0 Å². The van der Waals surface area contributed by atoms with Crippen LogP contribution in [-0.4, -0.2) is 25.2 Å². The molecular formula is C14H20N2O2. The van der Waals surface area contributed by atoms with Crippen molar-refractivity contribution >= 4 is 12.2 Å². The summed E-state index contributed by atoms with van der Waals surface area (Å²) in [6.07, 6.45) is 11.6. The molecule has 1 unspecified atom stereocenters. The van der Waals surface area contributed by atoms with Gasteiger partial charge in [0.2, 0.25) is 12.2 Å². The number of hydrogen-bond donors (Lipinski definition) is 0. The Balaban J connectivity index is 2.00. The predicted octanol–water partition coefficient (Wildman–Crippen LogP) is 2.63. The Morgan fingerprint density at radius 3 is 2.39 bits per heavy atom. The number of aliphatic imine (C=N–C) groups is 2. The van der Waals surface area contributed by atoms with Crippen LogP contribution in [0.15, 0.2) is 9.98 Å². The molecule has 3 saturated carbocycles. The molecule has 98 valence electrons. The summed E-state index contributed by atoms with van der Waals surface area (Å²) in [6, 6.07) is 0. The molecule has 4 heteroatoms. The number of hydrogen-bond acceptors (Lipinski definition) is 4. The van der Waals surface area contributed by atoms with E-state index in [-0.39, 0.29) is 0 Å². The van der Waals surface area contributed by atoms with E-state index in [1.807, 2.05) is 0 Å². The quantitative estimate of drug-likeness (QED) is 0.536. The summed E-state index contributed by atoms with van der Waals surface area (Å²) in [4.78, 5) is 27.7. The van der Waals surface area contributed by atoms with E-state index in [4.69, 9.17) is 0 Å². The zero-order valence-corrected chi connectivity index (χ0v) is 10.7. The second-order valence-electron chi connectivity index (χ2n) is 5.72. The predicted molar refractivity (Wildman–Crippen MR) is 67.7 cm³/mol. The molecule has 0 radical (unpaired) electrons. The Hall–Kier alpha value is -1.24. The summed E-state index contributed by atoms with van der Waals surface area (Å²) in [7, 11) is 0. The third-order valence-electron chi connectivity index (χ3n) is 5.02. The fourth-order valence-corrected chi connectivity index (χ4v) is 4.02. The van der Waals surface area contributed by atoms with Crippen LogP contribution in [-0.2, 0) is 9.59 Å². The second-order valence-corrected chi connectivity index (χ2v) is 5.72. The number of rotatable bonds is 6. The fourth-order valence-electron chi connectivity index (χ4n) is 4.02. The van der Waals surface area contributed by atoms with Gasteiger partial charge in [0, 0.05) is 0 Å². The minimum atomic E-state index is 0.341. The second kappa shape index (κ2) is 6.08. The van der Waals surface area contributed by atoms with Crippen molar-refractivity contribution in [2.45, 2.75) is 44.9 Å². The Morgan fingerprint density at radius 1 is 1.06 bits per heavy atom. The number of fused-ring (bicyclic) bond motifs is 3. The van der Waals surface area contributed by atoms with Gasteiger partial charge in [-0.15, -0.1) is 0 Å². The Bertz CT molecular complexity index is 373. The van der Waals surface area contributed by atoms with Crippen molar-refractivity contribution in [3.8, 4) is 0 Å². The smallest absolute Gasteiger partial charge is 0.211 e. The average Bonchev–Trinajstić information content (AvgIpc) is 2.41. The van der Waals surface area contributed by atoms with Crippen molar-refractivity contribution in [3.05, 3.63) is 0 Å². The first kappa shape index (κ1) is 13.2. The van der Waals surface area contributed by atoms with Crippen LogP contribution in [0.2, 0.25) is 0 Å². The summed E-state index contributed by atoms with van der Waals surface area (Å²) >= 11 is 0. The summed E-state index contributed by atoms with van der Waals surface area (Å²) < 4.78 is 0. The summed E-state index contributed by atoms with van der Waals surface area (Å²) in [5, 5.41) is 0. The van der Waals surface area contributed by atoms with Gasteiger partial charge < -0.3 is 0 Å². The molecule has 2 bridgehead atoms. The molecule has 3 fully saturated rings. The van der Waals surface area contributed by atoms with E-state index in [2.05, 4.69) is 9.98 Å². The van der Waals surface area contributed by atoms with E-state index < -0.39 is 0 Å². The Labute approximate surface area is 108 Å². The highest BCUT2D eigenvalue weighted by atomic mass is 16.1. The van der Waals surface area contributed by atoms with E-state index in [1.54, 1.807) is 12.2 Å². The maximum atomic E-state index is 10.2. The number of nitrogens with zero attached hydrogens (tertiary/aromatic N) is 2. The third kappa shape index (κ3) is 2.77. The van der Waals surface area contributed by atoms with Crippen molar-refractivity contribution in [1.29, 1.82) is 0 Å². The van der Waals surface area contributed by atoms with Gasteiger partial charge in [0.15, 0.2) is 0 Å². The molecule has 0 N–H and O–H groups in total. The summed E-state index contributed by atoms with van der Waals surface area (Å²) in [5.41, 5.74) is 0.341. The fraction of sp³-hybridized carbons (Fsp3) is 0.857. The molecule has 18 heavy (non-hydrogen) atoms. The van der Waals surface area contributed by atoms with Crippen LogP contribution in [0.25, 0.3) is 0 Å². The van der Waals surface area contributed by atoms with Crippen molar-refractivity contribution in [2.75, 3.05) is 13.1 Å². The summed E-state index contributed by atoms with van der Waals surface area (Å²) in [5.74, 6) is 1.51. The molecule has 3 rings (SSSR count). The number of isocyanates is 2. The first-order valence-corrected chi connectivity index (χ1v) is 6.88. The van der Waals surface area contributed by atoms with Gasteiger partial charge in [-0.2, -0.15) is 0 Å². The molecule has 0 amide bonds. The minimum absolute atomic E-state index is 0.341. The lowest BCUT2D eigenvalue weighted by Gasteiger charge is -2.52. The Kier molecular flexibility index (Phi) is 4.46. The normalized spacial score (nSPS) is 33.6. The molecule has 0 heterocycles. The topological polar surface area (TPSA) is 58.9 Å². The lowest BCUT2D eigenvalue weighted by molar-refractivity contribution is -0.0134. The molecule has 0 aliphatic heterocycles. The molecule has 4 nitrogen and oxygen atoms in total. The van der Waals surface area contributed by atoms with Crippen LogP contribution >= 0.6 is 0 Å². The monoisotopic (exact) mass is 248 g/mol. The minimum Gasteiger partial charge on any atom is -0.211 e. The SMILES string of the molecule is O=C=NCCC1CC2CCC1(CCN=C=O)CC2. The highest BCUT2D eigenvalue weighted by molar-refractivity contribution is 5.33. The van der Waals surface area contributed by atoms with Crippen molar-refractivity contribution < 1.29 is 9.59 Å². The first-order valence-electron chi connectivity index (χ1n) is 6.88. The van der Waals surface area contributed by atoms with Crippen LogP contribution in [0.3, 0.4) is 0 Å². The van der Waals surface area contributed by atoms with Gasteiger partial charge in [-0.05, 0) is 62.2 Å². The first-order chi connectivity index (χ1) is 8.80. The van der Waals surface area contributed by atoms with Crippen molar-refractivity contribution in [1.82, 2.24) is 0 Å². The van der Waals surface area contributed by atoms with Gasteiger partial charge in [-0.3, -0.25) is 0 Å². The van der Waals surface area contributed by atoms with E-state index in [9.17, 15) is 9.59 Å². The Morgan fingerprint density at radius 2 is 1.72 bits per heavy atom. The standard InChI is InChI=1S/C14H20N2O2/c17-10-15-7-3-13-9-12-1-4-14(13,5-2-12)6-8-16-11-18/h12-13H,1-9H2. The molecule has 0 saturated heterocycles. The van der Waals surface area contributed by atoms with Crippen LogP contribution in [0.4, 0.5) is 0 Å². The molecule has 1 atom stereocenters. The molecule has 0 aromatic heterocycles. The lowest BCUT2D eigenvalue weighted by atomic mass is 9.53. The van der Waals surface area contributed by atoms with E-state index in [0.29, 0.717) is 24.4 Å². The highest BCUT2D eigenvalue weighted by Crippen LogP contribution is 2.56. The summed E-state index contributed by atoms with van der Waals surface area (Å²) in [6.45, 7) is 1.20. The van der Waals surface area contributed by atoms with E-state index in [0.717, 1.165) is 18.8 Å². The van der Waals surface area contributed by atoms with Gasteiger partial charge in [-0.25, -0.2) is 19.6 Å². The molecule has 0 aromatic rings. The zero-order chi connectivity index (χ0) is 12.8. The maximum absolute atomic E-state index is 10.2. The molecule has 0 spiro atoms. The largest absolute Gasteiger partial charge is 0.234 e. The van der Waals surface area contributed by atoms with E-state index in [1.165, 1.54) is 32.1 Å². The van der Waals surface area contributed by atoms with Gasteiger partial charge in [0.25, 0.3) is 0 Å². The lowest BCUT2D eigenvalue weighted by Crippen LogP contribution is -2.42. The molecule has 3 aliphatic carbocycles. The average molecular weight is 248 g/mol. The van der Waals surface area contributed by atoms with Gasteiger partial charge >= 0.3 is 0 Å². The van der Waals surface area contributed by atoms with Gasteiger partial charge in [0.05, 0.1) is 13.1 Å². The van der Waals surface area contributed by atoms with Gasteiger partial charge in [0.1, 0.15) is 0 Å². The third-order valence-corrected chi connectivity index (χ3v) is 5.02. The maximum Gasteiger partial charge on any atom is 0.234 e. The molecule has 0 aromatic carbocycles.